The summed E-state index contributed by atoms with van der Waals surface area (Å²) in [6.45, 7) is 0.882. The van der Waals surface area contributed by atoms with Gasteiger partial charge >= 0.3 is 51.4 Å². The Kier molecular flexibility index (Phi) is 13.7. The summed E-state index contributed by atoms with van der Waals surface area (Å²) in [7, 11) is 1.85. The topological polar surface area (TPSA) is 52.2 Å². The third-order valence-corrected chi connectivity index (χ3v) is 1.06. The molecule has 0 spiro atoms. The fourth-order valence-electron chi connectivity index (χ4n) is 0.571. The van der Waals surface area contributed by atoms with Gasteiger partial charge in [-0.15, -0.1) is 0 Å². The Hall–Kier alpha value is 1.07. The Morgan fingerprint density at radius 1 is 1.50 bits per heavy atom. The van der Waals surface area contributed by atoms with E-state index in [4.69, 9.17) is 0 Å². The van der Waals surface area contributed by atoms with Crippen LogP contribution in [0.25, 0.3) is 0 Å². The van der Waals surface area contributed by atoms with Crippen molar-refractivity contribution in [1.82, 2.24) is 5.32 Å². The molecule has 0 aliphatic rings. The molecule has 0 aliphatic heterocycles. The van der Waals surface area contributed by atoms with Crippen molar-refractivity contribution in [1.29, 1.82) is 0 Å². The van der Waals surface area contributed by atoms with E-state index in [0.717, 1.165) is 13.0 Å². The molecule has 0 aromatic carbocycles. The molecule has 0 radical (unpaired) electrons. The van der Waals surface area contributed by atoms with Crippen molar-refractivity contribution in [3.8, 4) is 0 Å². The van der Waals surface area contributed by atoms with Crippen molar-refractivity contribution in [3.05, 3.63) is 0 Å². The number of rotatable bonds is 5. The largest absolute Gasteiger partial charge is 1.00 e. The van der Waals surface area contributed by atoms with Crippen LogP contribution in [0.15, 0.2) is 0 Å². The van der Waals surface area contributed by atoms with Crippen LogP contribution in [0.3, 0.4) is 0 Å². The fraction of sp³-hybridized carbons (Fsp3) is 0.833. The Morgan fingerprint density at radius 3 is 2.50 bits per heavy atom. The van der Waals surface area contributed by atoms with Crippen LogP contribution in [0.4, 0.5) is 0 Å². The van der Waals surface area contributed by atoms with Crippen LogP contribution in [0.2, 0.25) is 0 Å². The molecule has 0 atom stereocenters. The van der Waals surface area contributed by atoms with E-state index >= 15 is 0 Å². The monoisotopic (exact) mass is 169 g/mol. The van der Waals surface area contributed by atoms with Gasteiger partial charge in [-0.2, -0.15) is 0 Å². The number of aliphatic carboxylic acids is 1. The maximum atomic E-state index is 9.83. The number of carboxylic acid groups (broad SMARTS) is 1. The number of hydrogen-bond acceptors (Lipinski definition) is 3. The number of unbranched alkanes of at least 4 members (excludes halogenated alkanes) is 1. The molecule has 0 rings (SSSR count). The van der Waals surface area contributed by atoms with Crippen LogP contribution >= 0.6 is 0 Å². The maximum absolute atomic E-state index is 9.83. The molecule has 3 nitrogen and oxygen atoms in total. The van der Waals surface area contributed by atoms with Gasteiger partial charge < -0.3 is 15.2 Å². The summed E-state index contributed by atoms with van der Waals surface area (Å²) >= 11 is 0. The van der Waals surface area contributed by atoms with Crippen LogP contribution in [-0.4, -0.2) is 19.6 Å². The molecule has 0 aliphatic carbocycles. The zero-order chi connectivity index (χ0) is 7.11. The minimum atomic E-state index is -0.953. The summed E-state index contributed by atoms with van der Waals surface area (Å²) in [5, 5.41) is 12.8. The predicted octanol–water partition coefficient (Wildman–Crippen LogP) is -3.87. The maximum Gasteiger partial charge on any atom is 1.00 e. The van der Waals surface area contributed by atoms with E-state index in [2.05, 4.69) is 5.32 Å². The van der Waals surface area contributed by atoms with Crippen LogP contribution in [-0.2, 0) is 4.79 Å². The molecule has 0 saturated heterocycles. The van der Waals surface area contributed by atoms with Gasteiger partial charge in [0.15, 0.2) is 0 Å². The minimum absolute atomic E-state index is 0. The first-order valence-electron chi connectivity index (χ1n) is 3.12. The van der Waals surface area contributed by atoms with E-state index < -0.39 is 5.97 Å². The second-order valence-electron chi connectivity index (χ2n) is 1.93. The normalized spacial score (nSPS) is 8.50. The first-order valence-corrected chi connectivity index (χ1v) is 3.12. The summed E-state index contributed by atoms with van der Waals surface area (Å²) in [6, 6.07) is 0. The van der Waals surface area contributed by atoms with Crippen molar-refractivity contribution >= 4 is 5.97 Å². The minimum Gasteiger partial charge on any atom is -0.550 e. The van der Waals surface area contributed by atoms with Gasteiger partial charge in [-0.05, 0) is 32.9 Å². The molecular weight excluding hydrogens is 157 g/mol. The third-order valence-electron chi connectivity index (χ3n) is 1.06. The standard InChI is InChI=1S/C6H13NO2.K/c1-7-5-3-2-4-6(8)9;/h7H,2-5H2,1H3,(H,8,9);/q;+1/p-1. The summed E-state index contributed by atoms with van der Waals surface area (Å²) in [5.41, 5.74) is 0. The molecule has 0 saturated carbocycles. The average Bonchev–Trinajstić information content (AvgIpc) is 1.80. The Labute approximate surface area is 104 Å². The number of hydrogen-bond donors (Lipinski definition) is 1. The average molecular weight is 169 g/mol. The van der Waals surface area contributed by atoms with Crippen molar-refractivity contribution in [2.75, 3.05) is 13.6 Å². The predicted molar refractivity (Wildman–Crippen MR) is 32.8 cm³/mol. The van der Waals surface area contributed by atoms with Gasteiger partial charge in [-0.3, -0.25) is 0 Å². The zero-order valence-corrected chi connectivity index (χ0v) is 9.77. The molecular formula is C6H12KNO2. The van der Waals surface area contributed by atoms with Crippen molar-refractivity contribution in [2.45, 2.75) is 19.3 Å². The molecule has 0 aromatic heterocycles. The zero-order valence-electron chi connectivity index (χ0n) is 6.64. The molecule has 0 unspecified atom stereocenters. The van der Waals surface area contributed by atoms with Crippen LogP contribution in [0.1, 0.15) is 19.3 Å². The van der Waals surface area contributed by atoms with E-state index in [9.17, 15) is 9.90 Å². The van der Waals surface area contributed by atoms with Crippen LogP contribution in [0, 0.1) is 0 Å². The number of carbonyl (C=O) groups is 1. The molecule has 0 aromatic rings. The number of carbonyl (C=O) groups excluding carboxylic acids is 1. The van der Waals surface area contributed by atoms with Gasteiger partial charge in [0.1, 0.15) is 0 Å². The number of carboxylic acids is 1. The van der Waals surface area contributed by atoms with Crippen LogP contribution in [0.5, 0.6) is 0 Å². The molecule has 10 heavy (non-hydrogen) atoms. The first kappa shape index (κ1) is 13.6. The van der Waals surface area contributed by atoms with Gasteiger partial charge in [0, 0.05) is 5.97 Å². The van der Waals surface area contributed by atoms with E-state index in [1.54, 1.807) is 0 Å². The summed E-state index contributed by atoms with van der Waals surface area (Å²) in [4.78, 5) is 9.83. The van der Waals surface area contributed by atoms with Gasteiger partial charge in [0.2, 0.25) is 0 Å². The summed E-state index contributed by atoms with van der Waals surface area (Å²) in [6.07, 6.45) is 1.80. The second-order valence-corrected chi connectivity index (χ2v) is 1.93. The van der Waals surface area contributed by atoms with E-state index in [1.807, 2.05) is 7.05 Å². The summed E-state index contributed by atoms with van der Waals surface area (Å²) in [5.74, 6) is -0.953. The van der Waals surface area contributed by atoms with E-state index in [1.165, 1.54) is 0 Å². The molecule has 0 fully saturated rings. The molecule has 4 heteroatoms. The van der Waals surface area contributed by atoms with Crippen molar-refractivity contribution in [3.63, 3.8) is 0 Å². The third kappa shape index (κ3) is 11.8. The quantitative estimate of drug-likeness (QED) is 0.338. The smallest absolute Gasteiger partial charge is 0.550 e. The van der Waals surface area contributed by atoms with Gasteiger partial charge in [0.25, 0.3) is 0 Å². The van der Waals surface area contributed by atoms with Crippen molar-refractivity contribution < 1.29 is 61.3 Å². The van der Waals surface area contributed by atoms with Gasteiger partial charge in [0.05, 0.1) is 0 Å². The first-order chi connectivity index (χ1) is 4.27. The molecule has 0 amide bonds. The van der Waals surface area contributed by atoms with E-state index in [0.29, 0.717) is 6.42 Å². The Bertz CT molecular complexity index is 87.8. The Balaban J connectivity index is 0. The second kappa shape index (κ2) is 10.1. The van der Waals surface area contributed by atoms with E-state index in [-0.39, 0.29) is 57.8 Å². The van der Waals surface area contributed by atoms with Gasteiger partial charge in [-0.25, -0.2) is 0 Å². The molecule has 1 N–H and O–H groups in total. The molecule has 0 bridgehead atoms. The Morgan fingerprint density at radius 2 is 2.10 bits per heavy atom. The summed E-state index contributed by atoms with van der Waals surface area (Å²) < 4.78 is 0. The number of nitrogens with one attached hydrogen (secondary N) is 1. The fourth-order valence-corrected chi connectivity index (χ4v) is 0.571. The molecule has 54 valence electrons. The molecule has 0 heterocycles. The van der Waals surface area contributed by atoms with Crippen LogP contribution < -0.4 is 61.8 Å². The SMILES string of the molecule is CNCCCCC(=O)[O-].[K+]. The van der Waals surface area contributed by atoms with Crippen molar-refractivity contribution in [2.24, 2.45) is 0 Å². The van der Waals surface area contributed by atoms with Gasteiger partial charge in [-0.1, -0.05) is 0 Å².